The van der Waals surface area contributed by atoms with Gasteiger partial charge in [-0.15, -0.1) is 0 Å². The van der Waals surface area contributed by atoms with Gasteiger partial charge in [-0.1, -0.05) is 48.8 Å². The third-order valence-electron chi connectivity index (χ3n) is 5.73. The monoisotopic (exact) mass is 439 g/mol. The van der Waals surface area contributed by atoms with Crippen molar-refractivity contribution in [2.24, 2.45) is 5.92 Å². The van der Waals surface area contributed by atoms with Crippen molar-refractivity contribution >= 4 is 10.0 Å². The Balaban J connectivity index is 1.41. The molecule has 1 aromatic heterocycles. The molecule has 164 valence electrons. The summed E-state index contributed by atoms with van der Waals surface area (Å²) < 4.78 is 33.2. The Kier molecular flexibility index (Phi) is 6.25. The van der Waals surface area contributed by atoms with E-state index in [1.54, 1.807) is 16.4 Å². The molecule has 1 saturated heterocycles. The zero-order valence-corrected chi connectivity index (χ0v) is 19.1. The highest BCUT2D eigenvalue weighted by Gasteiger charge is 2.31. The van der Waals surface area contributed by atoms with E-state index in [0.29, 0.717) is 48.5 Å². The Morgan fingerprint density at radius 3 is 2.45 bits per heavy atom. The van der Waals surface area contributed by atoms with Gasteiger partial charge in [0.2, 0.25) is 10.0 Å². The molecule has 4 rings (SSSR count). The first kappa shape index (κ1) is 21.7. The van der Waals surface area contributed by atoms with Crippen LogP contribution in [0.4, 0.5) is 0 Å². The Hall–Kier alpha value is -2.51. The molecule has 1 fully saturated rings. The highest BCUT2D eigenvalue weighted by molar-refractivity contribution is 7.89. The van der Waals surface area contributed by atoms with E-state index in [9.17, 15) is 8.42 Å². The zero-order valence-electron chi connectivity index (χ0n) is 18.3. The van der Waals surface area contributed by atoms with Crippen molar-refractivity contribution in [1.82, 2.24) is 14.4 Å². The summed E-state index contributed by atoms with van der Waals surface area (Å²) in [5.74, 6) is 1.81. The van der Waals surface area contributed by atoms with Gasteiger partial charge < -0.3 is 4.52 Å². The van der Waals surface area contributed by atoms with E-state index >= 15 is 0 Å². The normalized spacial score (nSPS) is 16.1. The van der Waals surface area contributed by atoms with Gasteiger partial charge in [0, 0.05) is 24.6 Å². The topological polar surface area (TPSA) is 76.3 Å². The predicted octanol–water partition coefficient (Wildman–Crippen LogP) is 4.81. The quantitative estimate of drug-likeness (QED) is 0.551. The second kappa shape index (κ2) is 8.93. The first-order valence-corrected chi connectivity index (χ1v) is 12.3. The minimum atomic E-state index is -3.49. The summed E-state index contributed by atoms with van der Waals surface area (Å²) >= 11 is 0. The van der Waals surface area contributed by atoms with Crippen molar-refractivity contribution in [3.05, 3.63) is 65.5 Å². The van der Waals surface area contributed by atoms with E-state index in [1.165, 1.54) is 0 Å². The summed E-state index contributed by atoms with van der Waals surface area (Å²) in [4.78, 5) is 4.94. The van der Waals surface area contributed by atoms with Crippen LogP contribution in [0.15, 0.2) is 57.9 Å². The molecule has 0 radical (unpaired) electrons. The standard InChI is InChI=1S/C24H29N3O3S/c1-17(2)15-19-7-9-22(10-8-19)31(28,29)27-13-11-20(12-14-27)23-25-24(30-26-23)21-6-4-5-18(3)16-21/h4-10,16-17,20H,11-15H2,1-3H3. The number of hydrogen-bond donors (Lipinski definition) is 0. The second-order valence-corrected chi connectivity index (χ2v) is 10.7. The van der Waals surface area contributed by atoms with E-state index in [-0.39, 0.29) is 5.92 Å². The van der Waals surface area contributed by atoms with Crippen LogP contribution in [-0.2, 0) is 16.4 Å². The number of aromatic nitrogens is 2. The van der Waals surface area contributed by atoms with Crippen LogP contribution in [0.25, 0.3) is 11.5 Å². The van der Waals surface area contributed by atoms with Crippen LogP contribution in [0.5, 0.6) is 0 Å². The number of piperidine rings is 1. The third-order valence-corrected chi connectivity index (χ3v) is 7.64. The van der Waals surface area contributed by atoms with Gasteiger partial charge in [0.05, 0.1) is 4.90 Å². The van der Waals surface area contributed by atoms with Gasteiger partial charge in [-0.25, -0.2) is 8.42 Å². The smallest absolute Gasteiger partial charge is 0.257 e. The lowest BCUT2D eigenvalue weighted by Gasteiger charge is -2.29. The maximum absolute atomic E-state index is 13.1. The van der Waals surface area contributed by atoms with E-state index in [0.717, 1.165) is 23.1 Å². The van der Waals surface area contributed by atoms with Gasteiger partial charge in [0.25, 0.3) is 5.89 Å². The van der Waals surface area contributed by atoms with E-state index in [1.807, 2.05) is 43.3 Å². The largest absolute Gasteiger partial charge is 0.334 e. The molecule has 6 nitrogen and oxygen atoms in total. The lowest BCUT2D eigenvalue weighted by molar-refractivity contribution is 0.307. The molecule has 0 spiro atoms. The number of benzene rings is 2. The van der Waals surface area contributed by atoms with Crippen molar-refractivity contribution in [1.29, 1.82) is 0 Å². The predicted molar refractivity (Wildman–Crippen MR) is 120 cm³/mol. The zero-order chi connectivity index (χ0) is 22.0. The molecular formula is C24H29N3O3S. The minimum absolute atomic E-state index is 0.0992. The van der Waals surface area contributed by atoms with Crippen LogP contribution in [0.1, 0.15) is 49.6 Å². The Labute approximate surface area is 184 Å². The maximum Gasteiger partial charge on any atom is 0.257 e. The van der Waals surface area contributed by atoms with Gasteiger partial charge in [-0.3, -0.25) is 0 Å². The molecule has 0 saturated carbocycles. The van der Waals surface area contributed by atoms with Crippen LogP contribution in [-0.4, -0.2) is 36.0 Å². The van der Waals surface area contributed by atoms with Gasteiger partial charge in [0.1, 0.15) is 0 Å². The second-order valence-electron chi connectivity index (χ2n) is 8.75. The molecule has 1 aliphatic rings. The Bertz CT molecular complexity index is 1130. The number of sulfonamides is 1. The molecule has 0 N–H and O–H groups in total. The van der Waals surface area contributed by atoms with Crippen molar-refractivity contribution in [2.45, 2.75) is 50.8 Å². The summed E-state index contributed by atoms with van der Waals surface area (Å²) in [6, 6.07) is 15.3. The van der Waals surface area contributed by atoms with Gasteiger partial charge in [-0.2, -0.15) is 9.29 Å². The van der Waals surface area contributed by atoms with Crippen molar-refractivity contribution < 1.29 is 12.9 Å². The summed E-state index contributed by atoms with van der Waals surface area (Å²) in [5.41, 5.74) is 3.20. The average molecular weight is 440 g/mol. The molecule has 2 aromatic carbocycles. The summed E-state index contributed by atoms with van der Waals surface area (Å²) in [5, 5.41) is 4.17. The molecule has 0 atom stereocenters. The van der Waals surface area contributed by atoms with E-state index in [4.69, 9.17) is 4.52 Å². The maximum atomic E-state index is 13.1. The summed E-state index contributed by atoms with van der Waals surface area (Å²) in [6.07, 6.45) is 2.30. The van der Waals surface area contributed by atoms with Crippen LogP contribution in [0.2, 0.25) is 0 Å². The molecule has 0 amide bonds. The van der Waals surface area contributed by atoms with Crippen LogP contribution in [0, 0.1) is 12.8 Å². The SMILES string of the molecule is Cc1cccc(-c2nc(C3CCN(S(=O)(=O)c4ccc(CC(C)C)cc4)CC3)no2)c1. The van der Waals surface area contributed by atoms with Gasteiger partial charge in [-0.05, 0) is 61.9 Å². The Morgan fingerprint density at radius 1 is 1.10 bits per heavy atom. The fourth-order valence-corrected chi connectivity index (χ4v) is 5.54. The van der Waals surface area contributed by atoms with Crippen molar-refractivity contribution in [3.8, 4) is 11.5 Å². The molecule has 0 unspecified atom stereocenters. The highest BCUT2D eigenvalue weighted by atomic mass is 32.2. The lowest BCUT2D eigenvalue weighted by Crippen LogP contribution is -2.38. The molecule has 2 heterocycles. The molecule has 0 bridgehead atoms. The fourth-order valence-electron chi connectivity index (χ4n) is 4.07. The number of rotatable bonds is 6. The molecule has 1 aliphatic heterocycles. The Morgan fingerprint density at radius 2 is 1.81 bits per heavy atom. The molecule has 0 aliphatic carbocycles. The summed E-state index contributed by atoms with van der Waals surface area (Å²) in [7, 11) is -3.49. The number of aryl methyl sites for hydroxylation is 1. The van der Waals surface area contributed by atoms with Crippen molar-refractivity contribution in [3.63, 3.8) is 0 Å². The third kappa shape index (κ3) is 4.88. The highest BCUT2D eigenvalue weighted by Crippen LogP contribution is 2.31. The first-order valence-electron chi connectivity index (χ1n) is 10.8. The van der Waals surface area contributed by atoms with Crippen LogP contribution < -0.4 is 0 Å². The average Bonchev–Trinajstić information content (AvgIpc) is 3.24. The first-order chi connectivity index (χ1) is 14.8. The van der Waals surface area contributed by atoms with E-state index < -0.39 is 10.0 Å². The molecular weight excluding hydrogens is 410 g/mol. The van der Waals surface area contributed by atoms with Crippen molar-refractivity contribution in [2.75, 3.05) is 13.1 Å². The fraction of sp³-hybridized carbons (Fsp3) is 0.417. The molecule has 31 heavy (non-hydrogen) atoms. The molecule has 7 heteroatoms. The minimum Gasteiger partial charge on any atom is -0.334 e. The van der Waals surface area contributed by atoms with E-state index in [2.05, 4.69) is 24.0 Å². The van der Waals surface area contributed by atoms with Gasteiger partial charge in [0.15, 0.2) is 5.82 Å². The number of nitrogens with zero attached hydrogens (tertiary/aromatic N) is 3. The van der Waals surface area contributed by atoms with Crippen LogP contribution >= 0.6 is 0 Å². The summed E-state index contributed by atoms with van der Waals surface area (Å²) in [6.45, 7) is 7.24. The molecule has 3 aromatic rings. The number of hydrogen-bond acceptors (Lipinski definition) is 5. The lowest BCUT2D eigenvalue weighted by atomic mass is 9.97. The van der Waals surface area contributed by atoms with Gasteiger partial charge >= 0.3 is 0 Å². The van der Waals surface area contributed by atoms with Crippen LogP contribution in [0.3, 0.4) is 0 Å².